The number of aliphatic imine (C=N–C) groups is 1. The summed E-state index contributed by atoms with van der Waals surface area (Å²) in [5, 5.41) is 16.7. The van der Waals surface area contributed by atoms with E-state index in [-0.39, 0.29) is 11.9 Å². The number of halogens is 1. The van der Waals surface area contributed by atoms with Crippen molar-refractivity contribution in [3.8, 4) is 11.3 Å². The Balaban J connectivity index is 1.29. The SMILES string of the molecule is CC1=C(C(=O)Nc2ccc(-c3ccn[nH]3)cc2)C(c2ccccc2Cl)N=C(Nc2nc3ccccc3o2)N1. The lowest BCUT2D eigenvalue weighted by Crippen LogP contribution is -2.37. The van der Waals surface area contributed by atoms with Gasteiger partial charge in [0, 0.05) is 28.2 Å². The molecule has 2 aromatic heterocycles. The van der Waals surface area contributed by atoms with Crippen molar-refractivity contribution in [2.45, 2.75) is 13.0 Å². The molecule has 9 nitrogen and oxygen atoms in total. The number of amides is 1. The van der Waals surface area contributed by atoms with Crippen molar-refractivity contribution in [1.82, 2.24) is 20.5 Å². The zero-order valence-corrected chi connectivity index (χ0v) is 21.0. The highest BCUT2D eigenvalue weighted by molar-refractivity contribution is 6.31. The molecule has 4 N–H and O–H groups in total. The van der Waals surface area contributed by atoms with Crippen molar-refractivity contribution in [3.63, 3.8) is 0 Å². The lowest BCUT2D eigenvalue weighted by atomic mass is 9.95. The normalized spacial score (nSPS) is 15.2. The summed E-state index contributed by atoms with van der Waals surface area (Å²) in [4.78, 5) is 22.8. The third kappa shape index (κ3) is 4.62. The molecule has 1 unspecified atom stereocenters. The van der Waals surface area contributed by atoms with Crippen molar-refractivity contribution in [3.05, 3.63) is 107 Å². The van der Waals surface area contributed by atoms with Crippen LogP contribution in [0.4, 0.5) is 11.7 Å². The molecule has 0 saturated carbocycles. The van der Waals surface area contributed by atoms with E-state index in [0.29, 0.717) is 39.1 Å². The number of guanidine groups is 1. The molecule has 0 radical (unpaired) electrons. The van der Waals surface area contributed by atoms with Crippen LogP contribution in [0.1, 0.15) is 18.5 Å². The Morgan fingerprint density at radius 2 is 1.79 bits per heavy atom. The van der Waals surface area contributed by atoms with Gasteiger partial charge in [-0.25, -0.2) is 4.99 Å². The van der Waals surface area contributed by atoms with Crippen LogP contribution in [0, 0.1) is 0 Å². The summed E-state index contributed by atoms with van der Waals surface area (Å²) in [6.07, 6.45) is 1.69. The Kier molecular flexibility index (Phi) is 6.11. The van der Waals surface area contributed by atoms with Crippen LogP contribution in [0.25, 0.3) is 22.4 Å². The van der Waals surface area contributed by atoms with Crippen LogP contribution in [0.15, 0.2) is 106 Å². The number of hydrogen-bond acceptors (Lipinski definition) is 7. The average molecular weight is 524 g/mol. The fourth-order valence-corrected chi connectivity index (χ4v) is 4.57. The Morgan fingerprint density at radius 3 is 2.55 bits per heavy atom. The van der Waals surface area contributed by atoms with Gasteiger partial charge < -0.3 is 15.1 Å². The number of carbonyl (C=O) groups excluding carboxylic acids is 1. The minimum Gasteiger partial charge on any atom is -0.423 e. The van der Waals surface area contributed by atoms with Crippen LogP contribution in [-0.2, 0) is 4.79 Å². The van der Waals surface area contributed by atoms with Gasteiger partial charge >= 0.3 is 6.01 Å². The smallest absolute Gasteiger partial charge is 0.302 e. The number of rotatable bonds is 5. The number of carbonyl (C=O) groups is 1. The van der Waals surface area contributed by atoms with Gasteiger partial charge in [0.1, 0.15) is 11.6 Å². The number of nitrogens with one attached hydrogen (secondary N) is 4. The quantitative estimate of drug-likeness (QED) is 0.228. The van der Waals surface area contributed by atoms with Crippen LogP contribution >= 0.6 is 11.6 Å². The molecule has 0 bridgehead atoms. The van der Waals surface area contributed by atoms with Gasteiger partial charge in [0.25, 0.3) is 5.91 Å². The van der Waals surface area contributed by atoms with E-state index in [1.54, 1.807) is 12.3 Å². The molecule has 1 aliphatic heterocycles. The molecule has 1 aliphatic rings. The van der Waals surface area contributed by atoms with Crippen LogP contribution in [0.3, 0.4) is 0 Å². The van der Waals surface area contributed by atoms with E-state index < -0.39 is 6.04 Å². The highest BCUT2D eigenvalue weighted by Gasteiger charge is 2.31. The molecule has 3 aromatic carbocycles. The predicted octanol–water partition coefficient (Wildman–Crippen LogP) is 5.90. The molecule has 1 atom stereocenters. The molecule has 0 spiro atoms. The second-order valence-corrected chi connectivity index (χ2v) is 9.09. The van der Waals surface area contributed by atoms with Gasteiger partial charge in [-0.1, -0.05) is 54.1 Å². The van der Waals surface area contributed by atoms with Crippen molar-refractivity contribution in [2.24, 2.45) is 4.99 Å². The number of nitrogens with zero attached hydrogens (tertiary/aromatic N) is 3. The molecule has 188 valence electrons. The first-order chi connectivity index (χ1) is 18.5. The van der Waals surface area contributed by atoms with E-state index >= 15 is 0 Å². The summed E-state index contributed by atoms with van der Waals surface area (Å²) in [6.45, 7) is 1.82. The van der Waals surface area contributed by atoms with Gasteiger partial charge in [0.15, 0.2) is 5.58 Å². The van der Waals surface area contributed by atoms with Gasteiger partial charge in [-0.05, 0) is 48.9 Å². The highest BCUT2D eigenvalue weighted by atomic mass is 35.5. The highest BCUT2D eigenvalue weighted by Crippen LogP contribution is 2.35. The number of oxazole rings is 1. The Hall–Kier alpha value is -4.89. The number of para-hydroxylation sites is 2. The summed E-state index contributed by atoms with van der Waals surface area (Å²) in [7, 11) is 0. The van der Waals surface area contributed by atoms with Crippen molar-refractivity contribution >= 4 is 46.3 Å². The van der Waals surface area contributed by atoms with E-state index in [9.17, 15) is 4.79 Å². The lowest BCUT2D eigenvalue weighted by molar-refractivity contribution is -0.113. The van der Waals surface area contributed by atoms with Crippen molar-refractivity contribution in [1.29, 1.82) is 0 Å². The summed E-state index contributed by atoms with van der Waals surface area (Å²) < 4.78 is 5.79. The van der Waals surface area contributed by atoms with Crippen LogP contribution in [0.5, 0.6) is 0 Å². The molecule has 5 aromatic rings. The van der Waals surface area contributed by atoms with Gasteiger partial charge in [-0.2, -0.15) is 10.1 Å². The molecule has 10 heteroatoms. The maximum Gasteiger partial charge on any atom is 0.302 e. The van der Waals surface area contributed by atoms with Gasteiger partial charge in [0.05, 0.1) is 11.3 Å². The van der Waals surface area contributed by atoms with Crippen LogP contribution < -0.4 is 16.0 Å². The minimum atomic E-state index is -0.666. The second kappa shape index (κ2) is 9.87. The molecule has 1 amide bonds. The first-order valence-corrected chi connectivity index (χ1v) is 12.3. The Labute approximate surface area is 222 Å². The fraction of sp³-hybridized carbons (Fsp3) is 0.0714. The maximum atomic E-state index is 13.6. The van der Waals surface area contributed by atoms with Crippen molar-refractivity contribution in [2.75, 3.05) is 10.6 Å². The van der Waals surface area contributed by atoms with Gasteiger partial charge in [-0.15, -0.1) is 0 Å². The lowest BCUT2D eigenvalue weighted by Gasteiger charge is -2.27. The zero-order valence-electron chi connectivity index (χ0n) is 20.2. The van der Waals surface area contributed by atoms with E-state index in [1.807, 2.05) is 79.7 Å². The van der Waals surface area contributed by atoms with Crippen LogP contribution in [0.2, 0.25) is 5.02 Å². The summed E-state index contributed by atoms with van der Waals surface area (Å²) >= 11 is 6.56. The Morgan fingerprint density at radius 1 is 1.00 bits per heavy atom. The van der Waals surface area contributed by atoms with Crippen LogP contribution in [-0.4, -0.2) is 27.0 Å². The zero-order chi connectivity index (χ0) is 26.1. The first kappa shape index (κ1) is 23.5. The van der Waals surface area contributed by atoms with Crippen molar-refractivity contribution < 1.29 is 9.21 Å². The fourth-order valence-electron chi connectivity index (χ4n) is 4.33. The number of fused-ring (bicyclic) bond motifs is 1. The third-order valence-corrected chi connectivity index (χ3v) is 6.50. The number of aromatic amines is 1. The standard InChI is InChI=1S/C28H22ClN7O2/c1-16-24(26(37)32-18-12-10-17(11-13-18)21-14-15-30-36-21)25(19-6-2-3-7-20(19)29)34-27(31-16)35-28-33-22-8-4-5-9-23(22)38-28/h2-15,25H,1H3,(H,30,36)(H,32,37)(H2,31,33,34,35). The number of anilines is 2. The largest absolute Gasteiger partial charge is 0.423 e. The predicted molar refractivity (Wildman–Crippen MR) is 148 cm³/mol. The minimum absolute atomic E-state index is 0.286. The summed E-state index contributed by atoms with van der Waals surface area (Å²) in [5.74, 6) is 0.0957. The summed E-state index contributed by atoms with van der Waals surface area (Å²) in [5.41, 5.74) is 5.64. The molecule has 38 heavy (non-hydrogen) atoms. The van der Waals surface area contributed by atoms with E-state index in [0.717, 1.165) is 16.8 Å². The molecule has 6 rings (SSSR count). The number of benzene rings is 3. The number of H-pyrrole nitrogens is 1. The number of aromatic nitrogens is 3. The van der Waals surface area contributed by atoms with E-state index in [2.05, 4.69) is 31.1 Å². The third-order valence-electron chi connectivity index (χ3n) is 6.16. The first-order valence-electron chi connectivity index (χ1n) is 11.9. The molecular formula is C28H22ClN7O2. The topological polar surface area (TPSA) is 120 Å². The van der Waals surface area contributed by atoms with Gasteiger partial charge in [-0.3, -0.25) is 15.2 Å². The van der Waals surface area contributed by atoms with Gasteiger partial charge in [0.2, 0.25) is 5.96 Å². The number of allylic oxidation sites excluding steroid dienone is 1. The Bertz CT molecular complexity index is 1660. The molecule has 0 aliphatic carbocycles. The average Bonchev–Trinajstić information content (AvgIpc) is 3.59. The maximum absolute atomic E-state index is 13.6. The number of hydrogen-bond donors (Lipinski definition) is 4. The monoisotopic (exact) mass is 523 g/mol. The second-order valence-electron chi connectivity index (χ2n) is 8.68. The molecular weight excluding hydrogens is 502 g/mol. The molecule has 0 fully saturated rings. The molecule has 0 saturated heterocycles. The van der Waals surface area contributed by atoms with E-state index in [4.69, 9.17) is 21.0 Å². The molecule has 3 heterocycles. The van der Waals surface area contributed by atoms with E-state index in [1.165, 1.54) is 0 Å². The summed E-state index contributed by atoms with van der Waals surface area (Å²) in [6, 6.07) is 23.8.